The average molecular weight is 272 g/mol. The minimum Gasteiger partial charge on any atom is -0.374 e. The lowest BCUT2D eigenvalue weighted by atomic mass is 9.86. The van der Waals surface area contributed by atoms with Crippen molar-refractivity contribution in [2.45, 2.75) is 38.8 Å². The predicted octanol–water partition coefficient (Wildman–Crippen LogP) is 3.70. The maximum Gasteiger partial charge on any atom is 0.0845 e. The lowest BCUT2D eigenvalue weighted by Crippen LogP contribution is -2.42. The Morgan fingerprint density at radius 1 is 1.25 bits per heavy atom. The van der Waals surface area contributed by atoms with Gasteiger partial charge in [-0.1, -0.05) is 25.1 Å². The summed E-state index contributed by atoms with van der Waals surface area (Å²) in [6.07, 6.45) is 2.78. The third-order valence-electron chi connectivity index (χ3n) is 4.07. The number of benzene rings is 1. The predicted molar refractivity (Wildman–Crippen MR) is 83.9 cm³/mol. The van der Waals surface area contributed by atoms with Crippen LogP contribution in [0.5, 0.6) is 0 Å². The number of nitrogens with one attached hydrogen (secondary N) is 1. The number of likely N-dealkylation sites (N-methyl/N-ethyl adjacent to an activating group) is 1. The molecule has 1 heterocycles. The number of nitrogens with zero attached hydrogens (tertiary/aromatic N) is 1. The molecule has 1 aromatic carbocycles. The number of hydrogen-bond acceptors (Lipinski definition) is 3. The van der Waals surface area contributed by atoms with Crippen LogP contribution < -0.4 is 5.32 Å². The molecular weight excluding hydrogens is 248 g/mol. The van der Waals surface area contributed by atoms with Crippen molar-refractivity contribution in [1.29, 1.82) is 0 Å². The van der Waals surface area contributed by atoms with Crippen LogP contribution in [-0.2, 0) is 4.74 Å². The zero-order valence-electron chi connectivity index (χ0n) is 12.8. The van der Waals surface area contributed by atoms with Crippen molar-refractivity contribution in [1.82, 2.24) is 10.3 Å². The molecule has 2 unspecified atom stereocenters. The fraction of sp³-hybridized carbons (Fsp3) is 0.471. The molecule has 108 valence electrons. The van der Waals surface area contributed by atoms with Crippen molar-refractivity contribution >= 4 is 10.9 Å². The van der Waals surface area contributed by atoms with Gasteiger partial charge in [0.1, 0.15) is 0 Å². The van der Waals surface area contributed by atoms with E-state index >= 15 is 0 Å². The minimum atomic E-state index is -0.229. The largest absolute Gasteiger partial charge is 0.374 e. The summed E-state index contributed by atoms with van der Waals surface area (Å²) in [6.45, 7) is 7.10. The highest BCUT2D eigenvalue weighted by atomic mass is 16.5. The number of rotatable bonds is 6. The second-order valence-electron chi connectivity index (χ2n) is 5.24. The average Bonchev–Trinajstić information content (AvgIpc) is 2.48. The maximum atomic E-state index is 6.05. The molecule has 0 aliphatic heterocycles. The second-order valence-corrected chi connectivity index (χ2v) is 5.24. The Morgan fingerprint density at radius 3 is 2.70 bits per heavy atom. The van der Waals surface area contributed by atoms with Crippen LogP contribution in [-0.4, -0.2) is 24.2 Å². The highest BCUT2D eigenvalue weighted by Crippen LogP contribution is 2.35. The quantitative estimate of drug-likeness (QED) is 0.870. The highest BCUT2D eigenvalue weighted by molar-refractivity contribution is 5.82. The van der Waals surface area contributed by atoms with Gasteiger partial charge in [-0.15, -0.1) is 0 Å². The van der Waals surface area contributed by atoms with Gasteiger partial charge in [0.25, 0.3) is 0 Å². The van der Waals surface area contributed by atoms with Crippen LogP contribution in [0.25, 0.3) is 10.9 Å². The van der Waals surface area contributed by atoms with E-state index in [1.165, 1.54) is 10.9 Å². The topological polar surface area (TPSA) is 34.1 Å². The van der Waals surface area contributed by atoms with Gasteiger partial charge in [0.2, 0.25) is 0 Å². The van der Waals surface area contributed by atoms with E-state index in [0.717, 1.165) is 11.9 Å². The van der Waals surface area contributed by atoms with E-state index < -0.39 is 0 Å². The fourth-order valence-electron chi connectivity index (χ4n) is 2.89. The second kappa shape index (κ2) is 6.33. The normalized spacial score (nSPS) is 16.0. The lowest BCUT2D eigenvalue weighted by molar-refractivity contribution is -0.0543. The zero-order chi connectivity index (χ0) is 14.6. The first kappa shape index (κ1) is 14.9. The van der Waals surface area contributed by atoms with Gasteiger partial charge in [-0.25, -0.2) is 0 Å². The lowest BCUT2D eigenvalue weighted by Gasteiger charge is -2.37. The molecule has 1 N–H and O–H groups in total. The molecule has 0 spiro atoms. The standard InChI is InChI=1S/C17H24N2O/c1-5-17(3,20-6-2)16(18-4)14-9-7-11-15-13(14)10-8-12-19-15/h7-12,16,18H,5-6H2,1-4H3. The smallest absolute Gasteiger partial charge is 0.0845 e. The summed E-state index contributed by atoms with van der Waals surface area (Å²) in [5, 5.41) is 4.62. The third kappa shape index (κ3) is 2.69. The van der Waals surface area contributed by atoms with Gasteiger partial charge in [0, 0.05) is 18.2 Å². The summed E-state index contributed by atoms with van der Waals surface area (Å²) in [7, 11) is 1.99. The minimum absolute atomic E-state index is 0.139. The molecule has 20 heavy (non-hydrogen) atoms. The van der Waals surface area contributed by atoms with Crippen LogP contribution in [0.3, 0.4) is 0 Å². The summed E-state index contributed by atoms with van der Waals surface area (Å²) >= 11 is 0. The molecule has 0 bridgehead atoms. The third-order valence-corrected chi connectivity index (χ3v) is 4.07. The van der Waals surface area contributed by atoms with E-state index in [1.54, 1.807) is 0 Å². The molecule has 3 heteroatoms. The van der Waals surface area contributed by atoms with E-state index in [1.807, 2.05) is 26.2 Å². The first-order valence-corrected chi connectivity index (χ1v) is 7.31. The first-order valence-electron chi connectivity index (χ1n) is 7.31. The zero-order valence-corrected chi connectivity index (χ0v) is 12.8. The summed E-state index contributed by atoms with van der Waals surface area (Å²) in [5.74, 6) is 0. The van der Waals surface area contributed by atoms with Crippen LogP contribution in [0.15, 0.2) is 36.5 Å². The van der Waals surface area contributed by atoms with E-state index in [0.29, 0.717) is 6.61 Å². The van der Waals surface area contributed by atoms with Gasteiger partial charge in [-0.3, -0.25) is 4.98 Å². The van der Waals surface area contributed by atoms with Gasteiger partial charge >= 0.3 is 0 Å². The van der Waals surface area contributed by atoms with Crippen LogP contribution in [0, 0.1) is 0 Å². The summed E-state index contributed by atoms with van der Waals surface area (Å²) < 4.78 is 6.05. The molecule has 0 fully saturated rings. The number of pyridine rings is 1. The van der Waals surface area contributed by atoms with Crippen LogP contribution >= 0.6 is 0 Å². The molecule has 0 saturated carbocycles. The van der Waals surface area contributed by atoms with Crippen LogP contribution in [0.2, 0.25) is 0 Å². The SMILES string of the molecule is CCOC(C)(CC)C(NC)c1cccc2ncccc12. The highest BCUT2D eigenvalue weighted by Gasteiger charge is 2.34. The van der Waals surface area contributed by atoms with Crippen LogP contribution in [0.4, 0.5) is 0 Å². The van der Waals surface area contributed by atoms with E-state index in [-0.39, 0.29) is 11.6 Å². The molecular formula is C17H24N2O. The molecule has 2 rings (SSSR count). The summed E-state index contributed by atoms with van der Waals surface area (Å²) in [5.41, 5.74) is 2.05. The summed E-state index contributed by atoms with van der Waals surface area (Å²) in [4.78, 5) is 4.44. The van der Waals surface area contributed by atoms with Gasteiger partial charge in [0.15, 0.2) is 0 Å². The van der Waals surface area contributed by atoms with Crippen LogP contribution in [0.1, 0.15) is 38.8 Å². The van der Waals surface area contributed by atoms with Gasteiger partial charge in [-0.05, 0) is 45.0 Å². The number of fused-ring (bicyclic) bond motifs is 1. The van der Waals surface area contributed by atoms with E-state index in [4.69, 9.17) is 4.74 Å². The number of aromatic nitrogens is 1. The molecule has 2 atom stereocenters. The van der Waals surface area contributed by atoms with Gasteiger partial charge in [0.05, 0.1) is 17.2 Å². The molecule has 2 aromatic rings. The Kier molecular flexibility index (Phi) is 4.73. The Morgan fingerprint density at radius 2 is 2.05 bits per heavy atom. The molecule has 0 saturated heterocycles. The monoisotopic (exact) mass is 272 g/mol. The van der Waals surface area contributed by atoms with Crippen molar-refractivity contribution in [3.8, 4) is 0 Å². The Labute approximate surface area is 121 Å². The van der Waals surface area contributed by atoms with Crippen molar-refractivity contribution in [3.05, 3.63) is 42.1 Å². The van der Waals surface area contributed by atoms with E-state index in [2.05, 4.69) is 48.4 Å². The van der Waals surface area contributed by atoms with Gasteiger partial charge in [-0.2, -0.15) is 0 Å². The molecule has 0 aliphatic rings. The van der Waals surface area contributed by atoms with Crippen molar-refractivity contribution in [2.75, 3.05) is 13.7 Å². The molecule has 3 nitrogen and oxygen atoms in total. The first-order chi connectivity index (χ1) is 9.66. The van der Waals surface area contributed by atoms with E-state index in [9.17, 15) is 0 Å². The van der Waals surface area contributed by atoms with Gasteiger partial charge < -0.3 is 10.1 Å². The molecule has 0 radical (unpaired) electrons. The number of ether oxygens (including phenoxy) is 1. The van der Waals surface area contributed by atoms with Crippen molar-refractivity contribution in [3.63, 3.8) is 0 Å². The van der Waals surface area contributed by atoms with Crippen molar-refractivity contribution < 1.29 is 4.74 Å². The van der Waals surface area contributed by atoms with Crippen molar-refractivity contribution in [2.24, 2.45) is 0 Å². The number of hydrogen-bond donors (Lipinski definition) is 1. The molecule has 0 amide bonds. The molecule has 0 aliphatic carbocycles. The Bertz CT molecular complexity index is 564. The fourth-order valence-corrected chi connectivity index (χ4v) is 2.89. The summed E-state index contributed by atoms with van der Waals surface area (Å²) in [6, 6.07) is 10.5. The Balaban J connectivity index is 2.54. The Hall–Kier alpha value is -1.45. The maximum absolute atomic E-state index is 6.05. The molecule has 1 aromatic heterocycles.